The van der Waals surface area contributed by atoms with Crippen molar-refractivity contribution < 1.29 is 9.90 Å². The fraction of sp³-hybridized carbons (Fsp3) is 0.333. The maximum Gasteiger partial charge on any atom is 0.320 e. The van der Waals surface area contributed by atoms with E-state index in [4.69, 9.17) is 10.4 Å². The van der Waals surface area contributed by atoms with Crippen LogP contribution < -0.4 is 5.32 Å². The molecule has 0 amide bonds. The third-order valence-corrected chi connectivity index (χ3v) is 2.44. The third kappa shape index (κ3) is 3.07. The van der Waals surface area contributed by atoms with Crippen LogP contribution in [0.25, 0.3) is 0 Å². The fourth-order valence-electron chi connectivity index (χ4n) is 1.31. The van der Waals surface area contributed by atoms with Crippen LogP contribution in [-0.2, 0) is 11.3 Å². The first kappa shape index (κ1) is 12.2. The van der Waals surface area contributed by atoms with Gasteiger partial charge in [-0.2, -0.15) is 5.26 Å². The van der Waals surface area contributed by atoms with E-state index in [2.05, 4.69) is 11.4 Å². The lowest BCUT2D eigenvalue weighted by atomic mass is 10.1. The van der Waals surface area contributed by atoms with Gasteiger partial charge in [0.25, 0.3) is 0 Å². The summed E-state index contributed by atoms with van der Waals surface area (Å²) in [5, 5.41) is 20.3. The molecular weight excluding hydrogens is 204 g/mol. The topological polar surface area (TPSA) is 73.1 Å². The number of nitrogens with zero attached hydrogens (tertiary/aromatic N) is 1. The minimum absolute atomic E-state index is 0.491. The van der Waals surface area contributed by atoms with Crippen molar-refractivity contribution >= 4 is 5.97 Å². The van der Waals surface area contributed by atoms with Gasteiger partial charge in [0.15, 0.2) is 0 Å². The molecule has 0 heterocycles. The van der Waals surface area contributed by atoms with Crippen molar-refractivity contribution in [2.45, 2.75) is 26.4 Å². The Morgan fingerprint density at radius 3 is 2.81 bits per heavy atom. The van der Waals surface area contributed by atoms with Crippen molar-refractivity contribution in [3.8, 4) is 6.07 Å². The fourth-order valence-corrected chi connectivity index (χ4v) is 1.31. The predicted octanol–water partition coefficient (Wildman–Crippen LogP) is 1.43. The van der Waals surface area contributed by atoms with E-state index in [-0.39, 0.29) is 0 Å². The zero-order valence-electron chi connectivity index (χ0n) is 9.32. The van der Waals surface area contributed by atoms with Crippen LogP contribution in [0.2, 0.25) is 0 Å². The van der Waals surface area contributed by atoms with E-state index < -0.39 is 12.0 Å². The van der Waals surface area contributed by atoms with Gasteiger partial charge in [0.1, 0.15) is 6.04 Å². The first-order valence-corrected chi connectivity index (χ1v) is 5.00. The van der Waals surface area contributed by atoms with Gasteiger partial charge in [-0.3, -0.25) is 4.79 Å². The second-order valence-corrected chi connectivity index (χ2v) is 3.69. The molecule has 0 unspecified atom stereocenters. The molecule has 2 N–H and O–H groups in total. The van der Waals surface area contributed by atoms with Crippen molar-refractivity contribution in [3.63, 3.8) is 0 Å². The molecule has 0 aliphatic rings. The van der Waals surface area contributed by atoms with Crippen molar-refractivity contribution in [1.29, 1.82) is 5.26 Å². The standard InChI is InChI=1S/C12H14N2O2/c1-8-5-10(6-13)3-4-11(8)7-14-9(2)12(15)16/h3-5,9,14H,7H2,1-2H3,(H,15,16)/t9-/m1/s1. The molecule has 0 fully saturated rings. The summed E-state index contributed by atoms with van der Waals surface area (Å²) in [6.45, 7) is 4.00. The molecular formula is C12H14N2O2. The number of benzene rings is 1. The molecule has 84 valence electrons. The molecule has 1 aromatic rings. The average Bonchev–Trinajstić information content (AvgIpc) is 2.26. The van der Waals surface area contributed by atoms with Gasteiger partial charge in [0.05, 0.1) is 11.6 Å². The monoisotopic (exact) mass is 218 g/mol. The molecule has 0 spiro atoms. The summed E-state index contributed by atoms with van der Waals surface area (Å²) in [5.41, 5.74) is 2.61. The summed E-state index contributed by atoms with van der Waals surface area (Å²) in [7, 11) is 0. The van der Waals surface area contributed by atoms with Gasteiger partial charge in [0.2, 0.25) is 0 Å². The number of aryl methyl sites for hydroxylation is 1. The molecule has 4 heteroatoms. The van der Waals surface area contributed by atoms with Crippen LogP contribution in [0.4, 0.5) is 0 Å². The van der Waals surface area contributed by atoms with E-state index in [1.54, 1.807) is 19.1 Å². The molecule has 0 aliphatic heterocycles. The molecule has 4 nitrogen and oxygen atoms in total. The second kappa shape index (κ2) is 5.29. The van der Waals surface area contributed by atoms with E-state index in [0.717, 1.165) is 11.1 Å². The Labute approximate surface area is 94.5 Å². The molecule has 0 bridgehead atoms. The zero-order valence-corrected chi connectivity index (χ0v) is 9.32. The van der Waals surface area contributed by atoms with Gasteiger partial charge < -0.3 is 10.4 Å². The molecule has 0 aliphatic carbocycles. The van der Waals surface area contributed by atoms with Gasteiger partial charge >= 0.3 is 5.97 Å². The third-order valence-electron chi connectivity index (χ3n) is 2.44. The number of nitriles is 1. The minimum Gasteiger partial charge on any atom is -0.480 e. The van der Waals surface area contributed by atoms with E-state index in [0.29, 0.717) is 12.1 Å². The summed E-state index contributed by atoms with van der Waals surface area (Å²) in [4.78, 5) is 10.6. The second-order valence-electron chi connectivity index (χ2n) is 3.69. The number of carbonyl (C=O) groups is 1. The predicted molar refractivity (Wildman–Crippen MR) is 59.8 cm³/mol. The lowest BCUT2D eigenvalue weighted by Crippen LogP contribution is -2.33. The van der Waals surface area contributed by atoms with E-state index in [1.807, 2.05) is 13.0 Å². The highest BCUT2D eigenvalue weighted by Gasteiger charge is 2.09. The molecule has 16 heavy (non-hydrogen) atoms. The van der Waals surface area contributed by atoms with Gasteiger partial charge in [-0.1, -0.05) is 6.07 Å². The summed E-state index contributed by atoms with van der Waals surface area (Å²) >= 11 is 0. The SMILES string of the molecule is Cc1cc(C#N)ccc1CN[C@H](C)C(=O)O. The largest absolute Gasteiger partial charge is 0.480 e. The molecule has 0 saturated heterocycles. The quantitative estimate of drug-likeness (QED) is 0.801. The molecule has 1 aromatic carbocycles. The molecule has 0 radical (unpaired) electrons. The van der Waals surface area contributed by atoms with E-state index in [9.17, 15) is 4.79 Å². The highest BCUT2D eigenvalue weighted by Crippen LogP contribution is 2.10. The Kier molecular flexibility index (Phi) is 4.03. The van der Waals surface area contributed by atoms with E-state index in [1.165, 1.54) is 0 Å². The highest BCUT2D eigenvalue weighted by atomic mass is 16.4. The summed E-state index contributed by atoms with van der Waals surface area (Å²) in [5.74, 6) is -0.869. The summed E-state index contributed by atoms with van der Waals surface area (Å²) < 4.78 is 0. The number of nitrogens with one attached hydrogen (secondary N) is 1. The van der Waals surface area contributed by atoms with Crippen LogP contribution in [0.15, 0.2) is 18.2 Å². The van der Waals surface area contributed by atoms with Gasteiger partial charge in [-0.05, 0) is 37.1 Å². The van der Waals surface area contributed by atoms with Crippen LogP contribution in [0.1, 0.15) is 23.6 Å². The normalized spacial score (nSPS) is 11.8. The van der Waals surface area contributed by atoms with Gasteiger partial charge in [-0.25, -0.2) is 0 Å². The van der Waals surface area contributed by atoms with Crippen molar-refractivity contribution in [1.82, 2.24) is 5.32 Å². The van der Waals surface area contributed by atoms with Crippen LogP contribution >= 0.6 is 0 Å². The number of hydrogen-bond donors (Lipinski definition) is 2. The van der Waals surface area contributed by atoms with Gasteiger partial charge in [0, 0.05) is 6.54 Å². The van der Waals surface area contributed by atoms with E-state index >= 15 is 0 Å². The molecule has 0 aromatic heterocycles. The Morgan fingerprint density at radius 2 is 2.31 bits per heavy atom. The number of aliphatic carboxylic acids is 1. The van der Waals surface area contributed by atoms with Crippen molar-refractivity contribution in [3.05, 3.63) is 34.9 Å². The molecule has 1 rings (SSSR count). The number of hydrogen-bond acceptors (Lipinski definition) is 3. The molecule has 0 saturated carbocycles. The Bertz CT molecular complexity index is 435. The smallest absolute Gasteiger partial charge is 0.320 e. The van der Waals surface area contributed by atoms with Crippen LogP contribution in [0, 0.1) is 18.3 Å². The Hall–Kier alpha value is -1.86. The first-order valence-electron chi connectivity index (χ1n) is 5.00. The van der Waals surface area contributed by atoms with Crippen LogP contribution in [0.3, 0.4) is 0 Å². The lowest BCUT2D eigenvalue weighted by molar-refractivity contribution is -0.139. The number of rotatable bonds is 4. The summed E-state index contributed by atoms with van der Waals surface area (Å²) in [6, 6.07) is 6.86. The minimum atomic E-state index is -0.869. The maximum atomic E-state index is 10.6. The number of carboxylic acids is 1. The zero-order chi connectivity index (χ0) is 12.1. The average molecular weight is 218 g/mol. The molecule has 1 atom stereocenters. The maximum absolute atomic E-state index is 10.6. The lowest BCUT2D eigenvalue weighted by Gasteiger charge is -2.11. The highest BCUT2D eigenvalue weighted by molar-refractivity contribution is 5.72. The van der Waals surface area contributed by atoms with Crippen molar-refractivity contribution in [2.75, 3.05) is 0 Å². The van der Waals surface area contributed by atoms with Crippen LogP contribution in [-0.4, -0.2) is 17.1 Å². The Balaban J connectivity index is 2.69. The first-order chi connectivity index (χ1) is 7.54. The summed E-state index contributed by atoms with van der Waals surface area (Å²) in [6.07, 6.45) is 0. The Morgan fingerprint density at radius 1 is 1.62 bits per heavy atom. The van der Waals surface area contributed by atoms with Crippen LogP contribution in [0.5, 0.6) is 0 Å². The van der Waals surface area contributed by atoms with Crippen molar-refractivity contribution in [2.24, 2.45) is 0 Å². The number of carboxylic acid groups (broad SMARTS) is 1. The van der Waals surface area contributed by atoms with Gasteiger partial charge in [-0.15, -0.1) is 0 Å².